The van der Waals surface area contributed by atoms with E-state index in [0.717, 1.165) is 39.0 Å². The van der Waals surface area contributed by atoms with Crippen molar-refractivity contribution in [1.82, 2.24) is 15.0 Å². The van der Waals surface area contributed by atoms with Gasteiger partial charge in [0.05, 0.1) is 18.2 Å². The largest absolute Gasteiger partial charge is 0.497 e. The Morgan fingerprint density at radius 1 is 0.852 bits per heavy atom. The Morgan fingerprint density at radius 3 is 2.11 bits per heavy atom. The summed E-state index contributed by atoms with van der Waals surface area (Å²) in [6.07, 6.45) is 4.05. The Morgan fingerprint density at radius 2 is 1.56 bits per heavy atom. The van der Waals surface area contributed by atoms with Gasteiger partial charge in [0.15, 0.2) is 5.82 Å². The molecule has 140 valence electrons. The van der Waals surface area contributed by atoms with Gasteiger partial charge in [0.25, 0.3) is 0 Å². The summed E-state index contributed by atoms with van der Waals surface area (Å²) < 4.78 is 5.26. The van der Waals surface area contributed by atoms with E-state index in [2.05, 4.69) is 4.98 Å². The van der Waals surface area contributed by atoms with E-state index < -0.39 is 0 Å². The molecule has 0 bridgehead atoms. The van der Waals surface area contributed by atoms with Crippen molar-refractivity contribution in [2.24, 2.45) is 0 Å². The maximum atomic E-state index is 5.26. The van der Waals surface area contributed by atoms with Crippen molar-refractivity contribution < 1.29 is 4.74 Å². The molecule has 3 rings (SSSR count). The van der Waals surface area contributed by atoms with E-state index in [1.54, 1.807) is 7.11 Å². The van der Waals surface area contributed by atoms with Gasteiger partial charge in [0.1, 0.15) is 11.4 Å². The first-order valence-corrected chi connectivity index (χ1v) is 9.25. The average molecular weight is 361 g/mol. The summed E-state index contributed by atoms with van der Waals surface area (Å²) in [6.45, 7) is 9.96. The predicted molar refractivity (Wildman–Crippen MR) is 113 cm³/mol. The molecule has 0 radical (unpaired) electrons. The lowest BCUT2D eigenvalue weighted by Crippen LogP contribution is -2.31. The van der Waals surface area contributed by atoms with Crippen LogP contribution < -0.4 is 15.3 Å². The minimum atomic E-state index is 0.633. The molecule has 0 amide bonds. The monoisotopic (exact) mass is 361 g/mol. The highest BCUT2D eigenvalue weighted by molar-refractivity contribution is 5.65. The predicted octanol–water partition coefficient (Wildman–Crippen LogP) is 4.15. The molecular formula is C23H27N3O. The normalized spacial score (nSPS) is 11.8. The number of methoxy groups -OCH3 is 1. The van der Waals surface area contributed by atoms with Crippen molar-refractivity contribution >= 4 is 12.2 Å². The molecule has 4 heteroatoms. The van der Waals surface area contributed by atoms with Crippen LogP contribution in [0.15, 0.2) is 42.5 Å². The minimum absolute atomic E-state index is 0.633. The quantitative estimate of drug-likeness (QED) is 0.703. The molecule has 0 aliphatic rings. The number of aromatic nitrogens is 3. The van der Waals surface area contributed by atoms with Gasteiger partial charge in [-0.3, -0.25) is 0 Å². The first-order chi connectivity index (χ1) is 13.2. The third-order valence-corrected chi connectivity index (χ3v) is 4.02. The van der Waals surface area contributed by atoms with Crippen LogP contribution in [0.2, 0.25) is 0 Å². The third kappa shape index (κ3) is 4.59. The lowest BCUT2D eigenvalue weighted by Gasteiger charge is -2.08. The van der Waals surface area contributed by atoms with Gasteiger partial charge in [-0.05, 0) is 57.2 Å². The van der Waals surface area contributed by atoms with Crippen LogP contribution in [-0.4, -0.2) is 22.1 Å². The molecule has 0 unspecified atom stereocenters. The van der Waals surface area contributed by atoms with Crippen LogP contribution in [0.5, 0.6) is 5.75 Å². The molecule has 0 saturated heterocycles. The Balaban J connectivity index is 0.00000126. The highest BCUT2D eigenvalue weighted by atomic mass is 16.5. The van der Waals surface area contributed by atoms with Crippen molar-refractivity contribution in [3.8, 4) is 28.5 Å². The Bertz CT molecular complexity index is 1010. The van der Waals surface area contributed by atoms with E-state index in [9.17, 15) is 0 Å². The van der Waals surface area contributed by atoms with Gasteiger partial charge < -0.3 is 4.74 Å². The maximum Gasteiger partial charge on any atom is 0.179 e. The molecule has 1 aromatic carbocycles. The topological polar surface area (TPSA) is 47.9 Å². The van der Waals surface area contributed by atoms with E-state index in [1.165, 1.54) is 0 Å². The summed E-state index contributed by atoms with van der Waals surface area (Å²) >= 11 is 0. The van der Waals surface area contributed by atoms with Gasteiger partial charge in [0.2, 0.25) is 0 Å². The van der Waals surface area contributed by atoms with Crippen molar-refractivity contribution in [3.05, 3.63) is 58.7 Å². The fourth-order valence-electron chi connectivity index (χ4n) is 2.74. The summed E-state index contributed by atoms with van der Waals surface area (Å²) in [7, 11) is 1.66. The molecule has 0 saturated carbocycles. The van der Waals surface area contributed by atoms with Crippen molar-refractivity contribution in [2.75, 3.05) is 7.11 Å². The van der Waals surface area contributed by atoms with Crippen molar-refractivity contribution in [3.63, 3.8) is 0 Å². The Hall–Kier alpha value is -3.01. The molecule has 0 N–H and O–H groups in total. The summed E-state index contributed by atoms with van der Waals surface area (Å²) in [5.41, 5.74) is 3.64. The second kappa shape index (κ2) is 9.62. The summed E-state index contributed by atoms with van der Waals surface area (Å²) in [6, 6.07) is 13.8. The first kappa shape index (κ1) is 20.3. The number of benzene rings is 1. The molecule has 0 spiro atoms. The SMILES string of the molecule is C/C=c1/c(-c2ccc(OC)cc2)nc(-c2cccc(C)n2)n/c1=C/C.CC. The molecule has 2 aromatic heterocycles. The highest BCUT2D eigenvalue weighted by Gasteiger charge is 2.10. The van der Waals surface area contributed by atoms with E-state index >= 15 is 0 Å². The molecule has 0 aliphatic carbocycles. The fraction of sp³-hybridized carbons (Fsp3) is 0.261. The molecule has 0 fully saturated rings. The Labute approximate surface area is 161 Å². The van der Waals surface area contributed by atoms with Crippen LogP contribution >= 0.6 is 0 Å². The van der Waals surface area contributed by atoms with E-state index in [4.69, 9.17) is 14.7 Å². The minimum Gasteiger partial charge on any atom is -0.497 e. The standard InChI is InChI=1S/C21H21N3O.C2H6/c1-5-17-18(6-2)23-21(19-9-7-8-14(3)22-19)24-20(17)15-10-12-16(25-4)13-11-15;1-2/h5-13H,1-4H3;1-2H3/b17-5+,18-6+;. The van der Waals surface area contributed by atoms with Crippen molar-refractivity contribution in [2.45, 2.75) is 34.6 Å². The lowest BCUT2D eigenvalue weighted by atomic mass is 10.1. The van der Waals surface area contributed by atoms with Gasteiger partial charge >= 0.3 is 0 Å². The van der Waals surface area contributed by atoms with Crippen molar-refractivity contribution in [1.29, 1.82) is 0 Å². The second-order valence-corrected chi connectivity index (χ2v) is 5.66. The molecule has 3 aromatic rings. The Kier molecular flexibility index (Phi) is 7.24. The first-order valence-electron chi connectivity index (χ1n) is 9.25. The lowest BCUT2D eigenvalue weighted by molar-refractivity contribution is 0.415. The molecule has 0 atom stereocenters. The van der Waals surface area contributed by atoms with Crippen LogP contribution in [0.4, 0.5) is 0 Å². The van der Waals surface area contributed by atoms with E-state index in [0.29, 0.717) is 5.82 Å². The number of aryl methyl sites for hydroxylation is 1. The van der Waals surface area contributed by atoms with Crippen LogP contribution in [0.1, 0.15) is 33.4 Å². The highest BCUT2D eigenvalue weighted by Crippen LogP contribution is 2.19. The fourth-order valence-corrected chi connectivity index (χ4v) is 2.74. The number of rotatable bonds is 3. The van der Waals surface area contributed by atoms with Gasteiger partial charge in [-0.2, -0.15) is 0 Å². The molecule has 4 nitrogen and oxygen atoms in total. The van der Waals surface area contributed by atoms with Crippen LogP contribution in [0, 0.1) is 6.92 Å². The number of hydrogen-bond acceptors (Lipinski definition) is 4. The summed E-state index contributed by atoms with van der Waals surface area (Å²) in [4.78, 5) is 14.1. The number of pyridine rings is 1. The van der Waals surface area contributed by atoms with Gasteiger partial charge in [-0.1, -0.05) is 32.1 Å². The van der Waals surface area contributed by atoms with Crippen LogP contribution in [-0.2, 0) is 0 Å². The molecule has 2 heterocycles. The van der Waals surface area contributed by atoms with E-state index in [-0.39, 0.29) is 0 Å². The zero-order valence-electron chi connectivity index (χ0n) is 16.9. The molecular weight excluding hydrogens is 334 g/mol. The van der Waals surface area contributed by atoms with Crippen LogP contribution in [0.25, 0.3) is 34.9 Å². The number of hydrogen-bond donors (Lipinski definition) is 0. The molecule has 0 aliphatic heterocycles. The van der Waals surface area contributed by atoms with Gasteiger partial charge in [-0.15, -0.1) is 0 Å². The zero-order valence-corrected chi connectivity index (χ0v) is 16.9. The van der Waals surface area contributed by atoms with E-state index in [1.807, 2.05) is 89.2 Å². The van der Waals surface area contributed by atoms with Crippen LogP contribution in [0.3, 0.4) is 0 Å². The number of nitrogens with zero attached hydrogens (tertiary/aromatic N) is 3. The number of ether oxygens (including phenoxy) is 1. The zero-order chi connectivity index (χ0) is 19.8. The third-order valence-electron chi connectivity index (χ3n) is 4.02. The van der Waals surface area contributed by atoms with Gasteiger partial charge in [-0.25, -0.2) is 15.0 Å². The maximum absolute atomic E-state index is 5.26. The molecule has 27 heavy (non-hydrogen) atoms. The second-order valence-electron chi connectivity index (χ2n) is 5.66. The average Bonchev–Trinajstić information content (AvgIpc) is 2.74. The summed E-state index contributed by atoms with van der Waals surface area (Å²) in [5.74, 6) is 1.45. The van der Waals surface area contributed by atoms with Gasteiger partial charge in [0, 0.05) is 16.5 Å². The summed E-state index contributed by atoms with van der Waals surface area (Å²) in [5, 5.41) is 1.92. The smallest absolute Gasteiger partial charge is 0.179 e.